The Morgan fingerprint density at radius 3 is 3.05 bits per heavy atom. The van der Waals surface area contributed by atoms with E-state index in [0.717, 1.165) is 5.92 Å². The number of rotatable bonds is 5. The number of aromatic nitrogens is 2. The lowest BCUT2D eigenvalue weighted by Crippen LogP contribution is -3.11. The maximum absolute atomic E-state index is 4.63. The smallest absolute Gasteiger partial charge is 0.134 e. The Kier molecular flexibility index (Phi) is 5.93. The molecule has 6 heteroatoms. The van der Waals surface area contributed by atoms with Crippen LogP contribution in [0.5, 0.6) is 0 Å². The molecule has 0 radical (unpaired) electrons. The number of piperidine rings is 1. The molecule has 3 nitrogen and oxygen atoms in total. The minimum atomic E-state index is 0. The Balaban J connectivity index is 0.00000133. The predicted octanol–water partition coefficient (Wildman–Crippen LogP) is -1.17. The van der Waals surface area contributed by atoms with Gasteiger partial charge in [0.15, 0.2) is 0 Å². The number of fused-ring (bicyclic) bond motifs is 2. The Labute approximate surface area is 130 Å². The third kappa shape index (κ3) is 3.43. The van der Waals surface area contributed by atoms with E-state index in [-0.39, 0.29) is 12.4 Å². The molecule has 1 unspecified atom stereocenters. The molecule has 0 amide bonds. The summed E-state index contributed by atoms with van der Waals surface area (Å²) >= 11 is 3.34. The molecule has 3 heterocycles. The van der Waals surface area contributed by atoms with Crippen LogP contribution >= 0.6 is 23.5 Å². The fraction of sp³-hybridized carbons (Fsp3) is 0.846. The SMILES string of the molecule is CCCCSc1nsnc1[C@H]1C[NH+]2CCC[C@@H]1C2.[Cl-]. The Hall–Kier alpha value is 0.160. The van der Waals surface area contributed by atoms with Gasteiger partial charge in [-0.3, -0.25) is 0 Å². The lowest BCUT2D eigenvalue weighted by Gasteiger charge is -2.18. The highest BCUT2D eigenvalue weighted by Crippen LogP contribution is 2.35. The van der Waals surface area contributed by atoms with Gasteiger partial charge in [0.2, 0.25) is 0 Å². The molecule has 2 saturated heterocycles. The molecule has 2 bridgehead atoms. The summed E-state index contributed by atoms with van der Waals surface area (Å²) in [7, 11) is 0. The van der Waals surface area contributed by atoms with Crippen LogP contribution in [0.25, 0.3) is 0 Å². The third-order valence-electron chi connectivity index (χ3n) is 4.30. The molecule has 2 aliphatic rings. The lowest BCUT2D eigenvalue weighted by atomic mass is 9.89. The van der Waals surface area contributed by atoms with Crippen LogP contribution in [-0.2, 0) is 0 Å². The van der Waals surface area contributed by atoms with Crippen LogP contribution < -0.4 is 17.3 Å². The van der Waals surface area contributed by atoms with Crippen molar-refractivity contribution in [2.24, 2.45) is 5.92 Å². The molecule has 3 rings (SSSR count). The minimum absolute atomic E-state index is 0. The highest BCUT2D eigenvalue weighted by molar-refractivity contribution is 7.99. The number of nitrogens with zero attached hydrogens (tertiary/aromatic N) is 2. The summed E-state index contributed by atoms with van der Waals surface area (Å²) in [6, 6.07) is 0. The van der Waals surface area contributed by atoms with Gasteiger partial charge in [-0.25, -0.2) is 0 Å². The van der Waals surface area contributed by atoms with Crippen molar-refractivity contribution in [1.82, 2.24) is 8.75 Å². The van der Waals surface area contributed by atoms with Gasteiger partial charge in [-0.15, -0.1) is 11.8 Å². The summed E-state index contributed by atoms with van der Waals surface area (Å²) in [6.07, 6.45) is 5.37. The van der Waals surface area contributed by atoms with E-state index in [9.17, 15) is 0 Å². The first-order valence-electron chi connectivity index (χ1n) is 7.17. The van der Waals surface area contributed by atoms with Gasteiger partial charge in [-0.1, -0.05) is 13.3 Å². The van der Waals surface area contributed by atoms with Crippen molar-refractivity contribution in [3.05, 3.63) is 5.69 Å². The normalized spacial score (nSPS) is 29.2. The first-order valence-corrected chi connectivity index (χ1v) is 8.89. The topological polar surface area (TPSA) is 30.2 Å². The fourth-order valence-corrected chi connectivity index (χ4v) is 5.20. The highest BCUT2D eigenvalue weighted by Gasteiger charge is 2.42. The Morgan fingerprint density at radius 2 is 2.26 bits per heavy atom. The van der Waals surface area contributed by atoms with E-state index < -0.39 is 0 Å². The summed E-state index contributed by atoms with van der Waals surface area (Å²) in [6.45, 7) is 6.30. The largest absolute Gasteiger partial charge is 1.00 e. The Morgan fingerprint density at radius 1 is 1.37 bits per heavy atom. The van der Waals surface area contributed by atoms with E-state index in [4.69, 9.17) is 0 Å². The van der Waals surface area contributed by atoms with Crippen LogP contribution in [0.15, 0.2) is 5.03 Å². The van der Waals surface area contributed by atoms with Gasteiger partial charge in [0.05, 0.1) is 43.0 Å². The van der Waals surface area contributed by atoms with E-state index in [1.165, 1.54) is 73.5 Å². The standard InChI is InChI=1S/C13H21N3S2.ClH/c1-2-3-7-17-13-12(14-18-15-13)11-9-16-6-4-5-10(11)8-16;/h10-11H,2-9H2,1H3;1H/t10-,11+;/m1./s1. The van der Waals surface area contributed by atoms with Gasteiger partial charge >= 0.3 is 0 Å². The number of hydrogen-bond donors (Lipinski definition) is 1. The average molecular weight is 320 g/mol. The maximum atomic E-state index is 4.63. The molecule has 2 aliphatic heterocycles. The number of hydrogen-bond acceptors (Lipinski definition) is 4. The molecule has 1 aromatic heterocycles. The van der Waals surface area contributed by atoms with Crippen molar-refractivity contribution in [3.63, 3.8) is 0 Å². The van der Waals surface area contributed by atoms with Gasteiger partial charge in [-0.2, -0.15) is 8.75 Å². The summed E-state index contributed by atoms with van der Waals surface area (Å²) in [5.41, 5.74) is 1.34. The Bertz CT molecular complexity index is 399. The minimum Gasteiger partial charge on any atom is -1.00 e. The van der Waals surface area contributed by atoms with Crippen molar-refractivity contribution >= 4 is 23.5 Å². The predicted molar refractivity (Wildman–Crippen MR) is 76.6 cm³/mol. The van der Waals surface area contributed by atoms with Crippen LogP contribution in [-0.4, -0.2) is 34.1 Å². The first kappa shape index (κ1) is 15.5. The monoisotopic (exact) mass is 319 g/mol. The molecule has 1 N–H and O–H groups in total. The molecular formula is C13H22ClN3S2. The zero-order valence-electron chi connectivity index (χ0n) is 11.4. The number of nitrogens with one attached hydrogen (secondary N) is 1. The number of thioether (sulfide) groups is 1. The van der Waals surface area contributed by atoms with Crippen molar-refractivity contribution in [3.8, 4) is 0 Å². The second kappa shape index (κ2) is 7.25. The van der Waals surface area contributed by atoms with Crippen LogP contribution in [0.2, 0.25) is 0 Å². The highest BCUT2D eigenvalue weighted by atomic mass is 35.5. The van der Waals surface area contributed by atoms with E-state index in [1.807, 2.05) is 11.8 Å². The molecule has 108 valence electrons. The molecule has 3 atom stereocenters. The van der Waals surface area contributed by atoms with Crippen molar-refractivity contribution < 1.29 is 17.3 Å². The fourth-order valence-electron chi connectivity index (χ4n) is 3.34. The molecule has 0 spiro atoms. The lowest BCUT2D eigenvalue weighted by molar-refractivity contribution is -0.893. The molecule has 1 aromatic rings. The van der Waals surface area contributed by atoms with Crippen LogP contribution in [0, 0.1) is 5.92 Å². The third-order valence-corrected chi connectivity index (χ3v) is 6.03. The van der Waals surface area contributed by atoms with Crippen LogP contribution in [0.1, 0.15) is 44.2 Å². The second-order valence-electron chi connectivity index (χ2n) is 5.57. The van der Waals surface area contributed by atoms with Crippen molar-refractivity contribution in [2.75, 3.05) is 25.4 Å². The van der Waals surface area contributed by atoms with Crippen LogP contribution in [0.3, 0.4) is 0 Å². The number of unbranched alkanes of at least 4 members (excludes halogenated alkanes) is 1. The van der Waals surface area contributed by atoms with Crippen LogP contribution in [0.4, 0.5) is 0 Å². The van der Waals surface area contributed by atoms with E-state index in [2.05, 4.69) is 15.7 Å². The summed E-state index contributed by atoms with van der Waals surface area (Å²) in [5, 5.41) is 1.24. The zero-order chi connectivity index (χ0) is 12.4. The molecule has 0 aliphatic carbocycles. The molecular weight excluding hydrogens is 298 g/mol. The zero-order valence-corrected chi connectivity index (χ0v) is 13.8. The van der Waals surface area contributed by atoms with Gasteiger partial charge in [0, 0.05) is 5.92 Å². The quantitative estimate of drug-likeness (QED) is 0.548. The molecule has 0 saturated carbocycles. The number of halogens is 1. The molecule has 0 aromatic carbocycles. The van der Waals surface area contributed by atoms with E-state index in [0.29, 0.717) is 5.92 Å². The summed E-state index contributed by atoms with van der Waals surface area (Å²) in [4.78, 5) is 1.80. The van der Waals surface area contributed by atoms with Crippen molar-refractivity contribution in [1.29, 1.82) is 0 Å². The number of quaternary nitrogens is 1. The average Bonchev–Trinajstić information content (AvgIpc) is 2.95. The van der Waals surface area contributed by atoms with Crippen molar-refractivity contribution in [2.45, 2.75) is 43.6 Å². The van der Waals surface area contributed by atoms with Gasteiger partial charge in [0.1, 0.15) is 5.03 Å². The molecule has 2 fully saturated rings. The van der Waals surface area contributed by atoms with Gasteiger partial charge < -0.3 is 17.3 Å². The van der Waals surface area contributed by atoms with Gasteiger partial charge in [-0.05, 0) is 25.0 Å². The first-order chi connectivity index (χ1) is 8.88. The maximum Gasteiger partial charge on any atom is 0.134 e. The van der Waals surface area contributed by atoms with E-state index in [1.54, 1.807) is 4.90 Å². The van der Waals surface area contributed by atoms with Gasteiger partial charge in [0.25, 0.3) is 0 Å². The second-order valence-corrected chi connectivity index (χ2v) is 7.19. The van der Waals surface area contributed by atoms with E-state index >= 15 is 0 Å². The molecule has 19 heavy (non-hydrogen) atoms. The summed E-state index contributed by atoms with van der Waals surface area (Å²) < 4.78 is 9.16. The summed E-state index contributed by atoms with van der Waals surface area (Å²) in [5.74, 6) is 2.77.